The first-order valence-corrected chi connectivity index (χ1v) is 11.3. The van der Waals surface area contributed by atoms with Crippen molar-refractivity contribution in [2.75, 3.05) is 0 Å². The number of aromatic nitrogens is 1. The second-order valence-corrected chi connectivity index (χ2v) is 9.86. The largest absolute Gasteiger partial charge is 0.434 e. The average Bonchev–Trinajstić information content (AvgIpc) is 3.05. The van der Waals surface area contributed by atoms with Crippen molar-refractivity contribution in [3.05, 3.63) is 78.7 Å². The van der Waals surface area contributed by atoms with Crippen molar-refractivity contribution >= 4 is 28.8 Å². The number of aryl methyl sites for hydroxylation is 2. The number of para-hydroxylation sites is 1. The number of benzene rings is 2. The summed E-state index contributed by atoms with van der Waals surface area (Å²) in [4.78, 5) is 26.7. The summed E-state index contributed by atoms with van der Waals surface area (Å²) in [7, 11) is 0. The average molecular weight is 483 g/mol. The molecule has 5 nitrogen and oxygen atoms in total. The van der Waals surface area contributed by atoms with Crippen LogP contribution in [0.4, 0.5) is 8.78 Å². The summed E-state index contributed by atoms with van der Waals surface area (Å²) in [5, 5.41) is 9.90. The first-order valence-electron chi connectivity index (χ1n) is 10.5. The Hall–Kier alpha value is -3.57. The van der Waals surface area contributed by atoms with Crippen LogP contribution in [0.25, 0.3) is 17.3 Å². The number of halogens is 2. The molecule has 0 amide bonds. The van der Waals surface area contributed by atoms with Gasteiger partial charge in [-0.3, -0.25) is 14.2 Å². The van der Waals surface area contributed by atoms with Crippen molar-refractivity contribution in [2.24, 2.45) is 5.41 Å². The Morgan fingerprint density at radius 3 is 2.44 bits per heavy atom. The fourth-order valence-electron chi connectivity index (χ4n) is 3.44. The summed E-state index contributed by atoms with van der Waals surface area (Å²) < 4.78 is 32.0. The van der Waals surface area contributed by atoms with Crippen molar-refractivity contribution in [1.29, 1.82) is 5.26 Å². The monoisotopic (exact) mass is 482 g/mol. The third-order valence-electron chi connectivity index (χ3n) is 5.07. The highest BCUT2D eigenvalue weighted by atomic mass is 32.1. The molecule has 3 rings (SSSR count). The molecule has 0 aliphatic carbocycles. The fraction of sp³-hybridized carbons (Fsp3) is 0.269. The molecule has 0 saturated carbocycles. The van der Waals surface area contributed by atoms with Gasteiger partial charge in [-0.2, -0.15) is 14.0 Å². The number of carbonyl (C=O) groups excluding carboxylic acids is 1. The van der Waals surface area contributed by atoms with Crippen LogP contribution in [0.5, 0.6) is 5.75 Å². The number of rotatable bonds is 5. The molecule has 0 N–H and O–H groups in total. The lowest BCUT2D eigenvalue weighted by Crippen LogP contribution is -2.33. The highest BCUT2D eigenvalue weighted by Gasteiger charge is 2.27. The number of nitriles is 1. The van der Waals surface area contributed by atoms with Crippen molar-refractivity contribution < 1.29 is 18.3 Å². The summed E-state index contributed by atoms with van der Waals surface area (Å²) in [6, 6.07) is 13.6. The van der Waals surface area contributed by atoms with Gasteiger partial charge in [-0.25, -0.2) is 0 Å². The Labute approximate surface area is 199 Å². The molecule has 0 spiro atoms. The van der Waals surface area contributed by atoms with Crippen molar-refractivity contribution in [3.8, 4) is 17.5 Å². The molecule has 1 heterocycles. The van der Waals surface area contributed by atoms with E-state index in [4.69, 9.17) is 0 Å². The van der Waals surface area contributed by atoms with Crippen LogP contribution in [-0.4, -0.2) is 17.0 Å². The minimum atomic E-state index is -3.02. The molecule has 0 saturated heterocycles. The van der Waals surface area contributed by atoms with Gasteiger partial charge >= 0.3 is 6.61 Å². The molecule has 0 atom stereocenters. The lowest BCUT2D eigenvalue weighted by molar-refractivity contribution is -0.120. The molecule has 0 radical (unpaired) electrons. The van der Waals surface area contributed by atoms with Crippen LogP contribution in [0.3, 0.4) is 0 Å². The van der Waals surface area contributed by atoms with E-state index in [0.717, 1.165) is 22.5 Å². The molecule has 0 fully saturated rings. The van der Waals surface area contributed by atoms with Crippen molar-refractivity contribution in [3.63, 3.8) is 0 Å². The first kappa shape index (κ1) is 25.1. The van der Waals surface area contributed by atoms with Crippen molar-refractivity contribution in [2.45, 2.75) is 41.2 Å². The van der Waals surface area contributed by atoms with E-state index in [1.807, 2.05) is 32.0 Å². The number of thiazole rings is 1. The maximum atomic E-state index is 13.6. The predicted molar refractivity (Wildman–Crippen MR) is 129 cm³/mol. The highest BCUT2D eigenvalue weighted by Crippen LogP contribution is 2.22. The van der Waals surface area contributed by atoms with E-state index in [1.54, 1.807) is 45.0 Å². The molecule has 2 aromatic carbocycles. The van der Waals surface area contributed by atoms with Gasteiger partial charge in [0.1, 0.15) is 22.1 Å². The third kappa shape index (κ3) is 5.15. The number of nitrogens with zero attached hydrogens (tertiary/aromatic N) is 2. The number of hydrogen-bond acceptors (Lipinski definition) is 5. The maximum absolute atomic E-state index is 13.6. The molecule has 176 valence electrons. The molecule has 3 aromatic rings. The zero-order valence-electron chi connectivity index (χ0n) is 19.5. The number of ether oxygens (including phenoxy) is 1. The SMILES string of the molecule is Cc1ccc(-n2c(=C(C#N)C(=O)C(C)(C)C)sc(=Cc3ccccc3OC(F)F)c2=O)c(C)c1. The van der Waals surface area contributed by atoms with Crippen LogP contribution in [0.15, 0.2) is 47.3 Å². The molecule has 1 aromatic heterocycles. The Balaban J connectivity index is 2.45. The molecule has 0 aliphatic rings. The molecular formula is C26H24F2N2O3S. The Morgan fingerprint density at radius 1 is 1.18 bits per heavy atom. The molecular weight excluding hydrogens is 458 g/mol. The van der Waals surface area contributed by atoms with Gasteiger partial charge in [0.2, 0.25) is 0 Å². The van der Waals surface area contributed by atoms with Gasteiger partial charge < -0.3 is 4.74 Å². The standard InChI is InChI=1S/C26H24F2N2O3S/c1-15-10-11-19(16(2)12-15)30-23(32)21(13-17-8-6-7-9-20(17)33-25(27)28)34-24(30)18(14-29)22(31)26(3,4)5/h6-13,25H,1-5H3. The number of Topliss-reactive ketones (excluding diaryl/α,β-unsaturated/α-hetero) is 1. The molecule has 0 bridgehead atoms. The van der Waals surface area contributed by atoms with E-state index in [0.29, 0.717) is 5.69 Å². The van der Waals surface area contributed by atoms with E-state index in [-0.39, 0.29) is 26.1 Å². The summed E-state index contributed by atoms with van der Waals surface area (Å²) in [6.07, 6.45) is 1.44. The van der Waals surface area contributed by atoms with E-state index in [1.165, 1.54) is 16.7 Å². The van der Waals surface area contributed by atoms with Crippen LogP contribution in [0.2, 0.25) is 0 Å². The molecule has 0 unspecified atom stereocenters. The number of carbonyl (C=O) groups is 1. The van der Waals surface area contributed by atoms with Crippen LogP contribution >= 0.6 is 11.3 Å². The fourth-order valence-corrected chi connectivity index (χ4v) is 4.53. The second-order valence-electron chi connectivity index (χ2n) is 8.83. The van der Waals surface area contributed by atoms with E-state index in [9.17, 15) is 23.6 Å². The van der Waals surface area contributed by atoms with E-state index < -0.39 is 23.4 Å². The van der Waals surface area contributed by atoms with Gasteiger partial charge in [0, 0.05) is 11.0 Å². The smallest absolute Gasteiger partial charge is 0.387 e. The topological polar surface area (TPSA) is 72.1 Å². The van der Waals surface area contributed by atoms with Crippen LogP contribution in [0, 0.1) is 30.6 Å². The quantitative estimate of drug-likeness (QED) is 0.546. The van der Waals surface area contributed by atoms with Crippen LogP contribution in [-0.2, 0) is 4.79 Å². The number of hydrogen-bond donors (Lipinski definition) is 0. The second kappa shape index (κ2) is 9.74. The summed E-state index contributed by atoms with van der Waals surface area (Å²) in [6.45, 7) is 5.83. The van der Waals surface area contributed by atoms with Gasteiger partial charge in [0.25, 0.3) is 5.56 Å². The zero-order chi connectivity index (χ0) is 25.2. The van der Waals surface area contributed by atoms with Crippen LogP contribution < -0.4 is 19.5 Å². The summed E-state index contributed by atoms with van der Waals surface area (Å²) in [5.41, 5.74) is 1.15. The summed E-state index contributed by atoms with van der Waals surface area (Å²) >= 11 is 0.965. The number of alkyl halides is 2. The zero-order valence-corrected chi connectivity index (χ0v) is 20.3. The Bertz CT molecular complexity index is 1470. The Morgan fingerprint density at radius 2 is 1.85 bits per heavy atom. The Kier molecular flexibility index (Phi) is 7.18. The lowest BCUT2D eigenvalue weighted by atomic mass is 9.87. The molecule has 8 heteroatoms. The highest BCUT2D eigenvalue weighted by molar-refractivity contribution is 7.07. The van der Waals surface area contributed by atoms with Gasteiger partial charge in [-0.1, -0.05) is 56.7 Å². The maximum Gasteiger partial charge on any atom is 0.387 e. The van der Waals surface area contributed by atoms with Gasteiger partial charge in [-0.15, -0.1) is 11.3 Å². The minimum Gasteiger partial charge on any atom is -0.434 e. The van der Waals surface area contributed by atoms with Gasteiger partial charge in [0.05, 0.1) is 10.2 Å². The molecule has 34 heavy (non-hydrogen) atoms. The van der Waals surface area contributed by atoms with Crippen LogP contribution in [0.1, 0.15) is 37.5 Å². The van der Waals surface area contributed by atoms with Gasteiger partial charge in [-0.05, 0) is 37.6 Å². The van der Waals surface area contributed by atoms with Crippen molar-refractivity contribution in [1.82, 2.24) is 4.57 Å². The normalized spacial score (nSPS) is 13.1. The lowest BCUT2D eigenvalue weighted by Gasteiger charge is -2.15. The van der Waals surface area contributed by atoms with E-state index >= 15 is 0 Å². The summed E-state index contributed by atoms with van der Waals surface area (Å²) in [5.74, 6) is -0.483. The van der Waals surface area contributed by atoms with E-state index in [2.05, 4.69) is 4.74 Å². The minimum absolute atomic E-state index is 0.0832. The third-order valence-corrected chi connectivity index (χ3v) is 6.16. The van der Waals surface area contributed by atoms with Gasteiger partial charge in [0.15, 0.2) is 5.78 Å². The molecule has 0 aliphatic heterocycles. The first-order chi connectivity index (χ1) is 15.9. The number of ketones is 1. The predicted octanol–water partition coefficient (Wildman–Crippen LogP) is 4.24.